The highest BCUT2D eigenvalue weighted by atomic mass is 14.7. The van der Waals surface area contributed by atoms with Crippen molar-refractivity contribution < 1.29 is 0 Å². The molecule has 0 aliphatic heterocycles. The highest BCUT2D eigenvalue weighted by Crippen LogP contribution is 2.43. The quantitative estimate of drug-likeness (QED) is 0.242. The molecular formula is C34H23N. The average Bonchev–Trinajstić information content (AvgIpc) is 3.16. The van der Waals surface area contributed by atoms with Crippen molar-refractivity contribution >= 4 is 38.4 Å². The molecule has 0 amide bonds. The molecule has 0 radical (unpaired) electrons. The topological polar surface area (TPSA) is 12.9 Å². The van der Waals surface area contributed by atoms with Gasteiger partial charge in [0.15, 0.2) is 0 Å². The van der Waals surface area contributed by atoms with Crippen LogP contribution in [0.4, 0.5) is 0 Å². The molecule has 0 N–H and O–H groups in total. The Balaban J connectivity index is 1.57. The molecule has 0 atom stereocenters. The second-order valence-corrected chi connectivity index (χ2v) is 9.13. The third-order valence-corrected chi connectivity index (χ3v) is 7.07. The normalized spacial score (nSPS) is 12.8. The maximum absolute atomic E-state index is 5.18. The van der Waals surface area contributed by atoms with E-state index in [1.807, 2.05) is 0 Å². The van der Waals surface area contributed by atoms with E-state index in [0.29, 0.717) is 0 Å². The lowest BCUT2D eigenvalue weighted by Gasteiger charge is -2.18. The van der Waals surface area contributed by atoms with Crippen molar-refractivity contribution in [3.05, 3.63) is 133 Å². The summed E-state index contributed by atoms with van der Waals surface area (Å²) in [6.07, 6.45) is 9.37. The molecule has 6 aromatic rings. The Hall–Kier alpha value is -4.49. The molecule has 0 unspecified atom stereocenters. The molecule has 0 saturated carbocycles. The zero-order valence-corrected chi connectivity index (χ0v) is 19.3. The molecule has 1 aliphatic rings. The van der Waals surface area contributed by atoms with Gasteiger partial charge in [-0.25, -0.2) is 0 Å². The minimum atomic E-state index is 0.848. The van der Waals surface area contributed by atoms with E-state index in [1.54, 1.807) is 0 Å². The van der Waals surface area contributed by atoms with E-state index in [4.69, 9.17) is 4.98 Å². The smallest absolute Gasteiger partial charge is 0.0718 e. The van der Waals surface area contributed by atoms with Gasteiger partial charge in [-0.15, -0.1) is 0 Å². The summed E-state index contributed by atoms with van der Waals surface area (Å²) >= 11 is 0. The van der Waals surface area contributed by atoms with Crippen LogP contribution in [-0.4, -0.2) is 4.98 Å². The molecule has 0 fully saturated rings. The van der Waals surface area contributed by atoms with Gasteiger partial charge in [-0.3, -0.25) is 4.98 Å². The molecule has 1 heteroatoms. The Morgan fingerprint density at radius 1 is 0.543 bits per heavy atom. The number of pyridine rings is 1. The van der Waals surface area contributed by atoms with Gasteiger partial charge in [0, 0.05) is 12.0 Å². The maximum Gasteiger partial charge on any atom is 0.0718 e. The molecule has 1 aromatic heterocycles. The predicted octanol–water partition coefficient (Wildman–Crippen LogP) is 9.00. The van der Waals surface area contributed by atoms with Crippen molar-refractivity contribution in [3.63, 3.8) is 0 Å². The highest BCUT2D eigenvalue weighted by Gasteiger charge is 2.18. The standard InChI is InChI=1S/C34H23N/c1-2-11-24-20-21-32(35-31(24)17-3-1)34-29-15-8-6-13-27(29)33(28-14-7-9-16-30(28)34)26-19-18-23-10-4-5-12-25(23)22-26/h1-16,18-22H,17H2. The molecule has 164 valence electrons. The van der Waals surface area contributed by atoms with Gasteiger partial charge in [0.2, 0.25) is 0 Å². The molecule has 1 heterocycles. The van der Waals surface area contributed by atoms with Crippen LogP contribution in [0.2, 0.25) is 0 Å². The summed E-state index contributed by atoms with van der Waals surface area (Å²) in [6.45, 7) is 0. The lowest BCUT2D eigenvalue weighted by molar-refractivity contribution is 1.11. The van der Waals surface area contributed by atoms with Gasteiger partial charge in [-0.2, -0.15) is 0 Å². The Kier molecular flexibility index (Phi) is 4.60. The van der Waals surface area contributed by atoms with Crippen LogP contribution in [0.25, 0.3) is 60.8 Å². The van der Waals surface area contributed by atoms with Gasteiger partial charge in [-0.05, 0) is 61.1 Å². The summed E-state index contributed by atoms with van der Waals surface area (Å²) < 4.78 is 0. The summed E-state index contributed by atoms with van der Waals surface area (Å²) in [4.78, 5) is 5.18. The van der Waals surface area contributed by atoms with E-state index in [2.05, 4.69) is 127 Å². The summed E-state index contributed by atoms with van der Waals surface area (Å²) in [5.74, 6) is 0. The van der Waals surface area contributed by atoms with Gasteiger partial charge >= 0.3 is 0 Å². The minimum absolute atomic E-state index is 0.848. The minimum Gasteiger partial charge on any atom is -0.252 e. The van der Waals surface area contributed by atoms with Crippen molar-refractivity contribution in [1.29, 1.82) is 0 Å². The number of allylic oxidation sites excluding steroid dienone is 3. The zero-order valence-electron chi connectivity index (χ0n) is 19.3. The van der Waals surface area contributed by atoms with Crippen LogP contribution in [0.1, 0.15) is 11.3 Å². The molecule has 7 rings (SSSR count). The van der Waals surface area contributed by atoms with Crippen LogP contribution in [0.15, 0.2) is 121 Å². The van der Waals surface area contributed by atoms with Crippen LogP contribution in [0.3, 0.4) is 0 Å². The first-order valence-corrected chi connectivity index (χ1v) is 12.1. The van der Waals surface area contributed by atoms with Crippen LogP contribution in [-0.2, 0) is 6.42 Å². The number of aromatic nitrogens is 1. The third-order valence-electron chi connectivity index (χ3n) is 7.07. The largest absolute Gasteiger partial charge is 0.252 e. The number of benzene rings is 5. The predicted molar refractivity (Wildman–Crippen MR) is 150 cm³/mol. The molecule has 1 nitrogen and oxygen atoms in total. The average molecular weight is 446 g/mol. The first-order valence-electron chi connectivity index (χ1n) is 12.1. The van der Waals surface area contributed by atoms with E-state index in [9.17, 15) is 0 Å². The molecular weight excluding hydrogens is 422 g/mol. The fraction of sp³-hybridized carbons (Fsp3) is 0.0294. The summed E-state index contributed by atoms with van der Waals surface area (Å²) in [6, 6.07) is 37.3. The number of nitrogens with zero attached hydrogens (tertiary/aromatic N) is 1. The van der Waals surface area contributed by atoms with Crippen molar-refractivity contribution in [2.24, 2.45) is 0 Å². The Labute approximate surface area is 204 Å². The molecule has 0 spiro atoms. The molecule has 5 aromatic carbocycles. The van der Waals surface area contributed by atoms with Gasteiger partial charge in [0.1, 0.15) is 0 Å². The number of hydrogen-bond acceptors (Lipinski definition) is 1. The van der Waals surface area contributed by atoms with Crippen LogP contribution < -0.4 is 0 Å². The molecule has 1 aliphatic carbocycles. The van der Waals surface area contributed by atoms with Crippen molar-refractivity contribution in [3.8, 4) is 22.4 Å². The van der Waals surface area contributed by atoms with E-state index in [-0.39, 0.29) is 0 Å². The second kappa shape index (κ2) is 8.07. The lowest BCUT2D eigenvalue weighted by atomic mass is 9.86. The Morgan fingerprint density at radius 2 is 1.20 bits per heavy atom. The first-order chi connectivity index (χ1) is 17.4. The first kappa shape index (κ1) is 19.9. The molecule has 35 heavy (non-hydrogen) atoms. The fourth-order valence-electron chi connectivity index (χ4n) is 5.44. The highest BCUT2D eigenvalue weighted by molar-refractivity contribution is 6.21. The Bertz CT molecular complexity index is 1760. The lowest BCUT2D eigenvalue weighted by Crippen LogP contribution is -1.97. The van der Waals surface area contributed by atoms with Crippen molar-refractivity contribution in [1.82, 2.24) is 4.98 Å². The van der Waals surface area contributed by atoms with Gasteiger partial charge < -0.3 is 0 Å². The van der Waals surface area contributed by atoms with Gasteiger partial charge in [0.25, 0.3) is 0 Å². The number of rotatable bonds is 2. The summed E-state index contributed by atoms with van der Waals surface area (Å²) in [5, 5.41) is 7.51. The van der Waals surface area contributed by atoms with Crippen molar-refractivity contribution in [2.45, 2.75) is 6.42 Å². The zero-order chi connectivity index (χ0) is 23.2. The monoisotopic (exact) mass is 445 g/mol. The van der Waals surface area contributed by atoms with Crippen LogP contribution >= 0.6 is 0 Å². The molecule has 0 saturated heterocycles. The van der Waals surface area contributed by atoms with Crippen LogP contribution in [0, 0.1) is 0 Å². The van der Waals surface area contributed by atoms with E-state index in [1.165, 1.54) is 54.6 Å². The summed E-state index contributed by atoms with van der Waals surface area (Å²) in [5.41, 5.74) is 7.09. The van der Waals surface area contributed by atoms with E-state index in [0.717, 1.165) is 17.8 Å². The summed E-state index contributed by atoms with van der Waals surface area (Å²) in [7, 11) is 0. The number of fused-ring (bicyclic) bond motifs is 4. The van der Waals surface area contributed by atoms with E-state index >= 15 is 0 Å². The molecule has 0 bridgehead atoms. The number of hydrogen-bond donors (Lipinski definition) is 0. The Morgan fingerprint density at radius 3 is 1.94 bits per heavy atom. The van der Waals surface area contributed by atoms with Gasteiger partial charge in [-0.1, -0.05) is 115 Å². The van der Waals surface area contributed by atoms with E-state index < -0.39 is 0 Å². The third kappa shape index (κ3) is 3.28. The van der Waals surface area contributed by atoms with Gasteiger partial charge in [0.05, 0.1) is 11.4 Å². The van der Waals surface area contributed by atoms with Crippen LogP contribution in [0.5, 0.6) is 0 Å². The maximum atomic E-state index is 5.18. The second-order valence-electron chi connectivity index (χ2n) is 9.13. The SMILES string of the molecule is C1=CCc2nc(-c3c4ccccc4c(-c4ccc5ccccc5c4)c4ccccc34)ccc2C=C1. The van der Waals surface area contributed by atoms with Crippen molar-refractivity contribution in [2.75, 3.05) is 0 Å². The fourth-order valence-corrected chi connectivity index (χ4v) is 5.44.